The fourth-order valence-corrected chi connectivity index (χ4v) is 4.15. The lowest BCUT2D eigenvalue weighted by atomic mass is 9.87. The van der Waals surface area contributed by atoms with Crippen molar-refractivity contribution in [3.8, 4) is 5.75 Å². The molecule has 1 aliphatic heterocycles. The predicted molar refractivity (Wildman–Crippen MR) is 128 cm³/mol. The van der Waals surface area contributed by atoms with Crippen LogP contribution in [0, 0.1) is 12.8 Å². The fraction of sp³-hybridized carbons (Fsp3) is 0.481. The number of hydrogen-bond donors (Lipinski definition) is 1. The molecule has 2 aromatic carbocycles. The first kappa shape index (κ1) is 23.8. The summed E-state index contributed by atoms with van der Waals surface area (Å²) in [6.45, 7) is 11.4. The number of aryl methyl sites for hydroxylation is 1. The van der Waals surface area contributed by atoms with Crippen molar-refractivity contribution in [3.05, 3.63) is 64.7 Å². The van der Waals surface area contributed by atoms with Gasteiger partial charge in [-0.25, -0.2) is 0 Å². The Bertz CT molecular complexity index is 936. The van der Waals surface area contributed by atoms with Gasteiger partial charge in [0.2, 0.25) is 5.91 Å². The minimum atomic E-state index is -0.540. The Balaban J connectivity index is 1.93. The first-order chi connectivity index (χ1) is 15.3. The third-order valence-corrected chi connectivity index (χ3v) is 5.99. The molecule has 1 aliphatic rings. The monoisotopic (exact) mass is 436 g/mol. The highest BCUT2D eigenvalue weighted by Crippen LogP contribution is 2.37. The Kier molecular flexibility index (Phi) is 7.94. The van der Waals surface area contributed by atoms with Crippen molar-refractivity contribution >= 4 is 11.8 Å². The molecule has 2 atom stereocenters. The zero-order valence-electron chi connectivity index (χ0n) is 20.0. The number of nitrogens with one attached hydrogen (secondary N) is 1. The number of amides is 2. The fourth-order valence-electron chi connectivity index (χ4n) is 4.15. The standard InChI is InChI=1S/C27H36N2O3/c1-6-24(27(31)28-17-18(3)4)32-22-13-12-20-14-15-29(25(30)7-2)26(23(20)16-22)21-10-8-19(5)9-11-21/h8-13,16,18,24,26H,6-7,14-15,17H2,1-5H3,(H,28,31). The molecule has 0 spiro atoms. The second-order valence-corrected chi connectivity index (χ2v) is 9.02. The number of nitrogens with zero attached hydrogens (tertiary/aromatic N) is 1. The number of hydrogen-bond acceptors (Lipinski definition) is 3. The number of carbonyl (C=O) groups excluding carboxylic acids is 2. The van der Waals surface area contributed by atoms with Gasteiger partial charge in [-0.15, -0.1) is 0 Å². The molecule has 32 heavy (non-hydrogen) atoms. The van der Waals surface area contributed by atoms with Crippen molar-refractivity contribution in [1.29, 1.82) is 0 Å². The molecule has 5 heteroatoms. The Morgan fingerprint density at radius 1 is 1.12 bits per heavy atom. The molecular weight excluding hydrogens is 400 g/mol. The van der Waals surface area contributed by atoms with Gasteiger partial charge in [0.25, 0.3) is 5.91 Å². The van der Waals surface area contributed by atoms with E-state index in [4.69, 9.17) is 4.74 Å². The highest BCUT2D eigenvalue weighted by Gasteiger charge is 2.32. The van der Waals surface area contributed by atoms with Crippen LogP contribution in [0.3, 0.4) is 0 Å². The van der Waals surface area contributed by atoms with Gasteiger partial charge < -0.3 is 15.0 Å². The van der Waals surface area contributed by atoms with E-state index >= 15 is 0 Å². The number of benzene rings is 2. The van der Waals surface area contributed by atoms with Crippen LogP contribution in [0.25, 0.3) is 0 Å². The summed E-state index contributed by atoms with van der Waals surface area (Å²) in [4.78, 5) is 27.4. The van der Waals surface area contributed by atoms with Crippen LogP contribution in [0.15, 0.2) is 42.5 Å². The van der Waals surface area contributed by atoms with Gasteiger partial charge in [0.15, 0.2) is 6.10 Å². The molecule has 5 nitrogen and oxygen atoms in total. The molecule has 0 fully saturated rings. The van der Waals surface area contributed by atoms with Gasteiger partial charge in [-0.05, 0) is 54.5 Å². The number of ether oxygens (including phenoxy) is 1. The van der Waals surface area contributed by atoms with Crippen LogP contribution in [0.2, 0.25) is 0 Å². The van der Waals surface area contributed by atoms with Crippen molar-refractivity contribution < 1.29 is 14.3 Å². The lowest BCUT2D eigenvalue weighted by molar-refractivity contribution is -0.133. The van der Waals surface area contributed by atoms with Crippen LogP contribution >= 0.6 is 0 Å². The van der Waals surface area contributed by atoms with E-state index in [0.29, 0.717) is 37.6 Å². The second kappa shape index (κ2) is 10.7. The summed E-state index contributed by atoms with van der Waals surface area (Å²) in [7, 11) is 0. The normalized spacial score (nSPS) is 16.4. The van der Waals surface area contributed by atoms with Gasteiger partial charge in [-0.1, -0.05) is 63.6 Å². The molecule has 0 saturated carbocycles. The van der Waals surface area contributed by atoms with E-state index in [-0.39, 0.29) is 17.9 Å². The Morgan fingerprint density at radius 3 is 2.47 bits per heavy atom. The summed E-state index contributed by atoms with van der Waals surface area (Å²) in [5.41, 5.74) is 4.59. The largest absolute Gasteiger partial charge is 0.481 e. The van der Waals surface area contributed by atoms with Crippen LogP contribution < -0.4 is 10.1 Å². The van der Waals surface area contributed by atoms with E-state index in [0.717, 1.165) is 17.5 Å². The van der Waals surface area contributed by atoms with Crippen molar-refractivity contribution in [1.82, 2.24) is 10.2 Å². The third-order valence-electron chi connectivity index (χ3n) is 5.99. The summed E-state index contributed by atoms with van der Waals surface area (Å²) in [6, 6.07) is 14.3. The van der Waals surface area contributed by atoms with E-state index in [1.54, 1.807) is 0 Å². The van der Waals surface area contributed by atoms with E-state index in [1.807, 2.05) is 30.9 Å². The predicted octanol–water partition coefficient (Wildman–Crippen LogP) is 4.81. The lowest BCUT2D eigenvalue weighted by Gasteiger charge is -2.38. The summed E-state index contributed by atoms with van der Waals surface area (Å²) in [6.07, 6.45) is 1.34. The van der Waals surface area contributed by atoms with E-state index < -0.39 is 6.10 Å². The van der Waals surface area contributed by atoms with Gasteiger partial charge in [-0.3, -0.25) is 9.59 Å². The maximum Gasteiger partial charge on any atom is 0.261 e. The molecule has 2 aromatic rings. The van der Waals surface area contributed by atoms with Crippen LogP contribution in [0.5, 0.6) is 5.75 Å². The van der Waals surface area contributed by atoms with Crippen LogP contribution in [0.1, 0.15) is 68.8 Å². The Labute approximate surface area is 192 Å². The molecule has 0 bridgehead atoms. The van der Waals surface area contributed by atoms with E-state index in [1.165, 1.54) is 11.1 Å². The maximum atomic E-state index is 12.8. The first-order valence-electron chi connectivity index (χ1n) is 11.8. The third kappa shape index (κ3) is 5.50. The average molecular weight is 437 g/mol. The quantitative estimate of drug-likeness (QED) is 0.646. The molecular formula is C27H36N2O3. The average Bonchev–Trinajstić information content (AvgIpc) is 2.80. The molecule has 1 heterocycles. The van der Waals surface area contributed by atoms with Crippen LogP contribution in [-0.2, 0) is 16.0 Å². The Hall–Kier alpha value is -2.82. The molecule has 0 aliphatic carbocycles. The summed E-state index contributed by atoms with van der Waals surface area (Å²) < 4.78 is 6.13. The van der Waals surface area contributed by atoms with Crippen LogP contribution in [0.4, 0.5) is 0 Å². The number of rotatable bonds is 8. The maximum absolute atomic E-state index is 12.8. The minimum Gasteiger partial charge on any atom is -0.481 e. The van der Waals surface area contributed by atoms with Crippen molar-refractivity contribution in [2.75, 3.05) is 13.1 Å². The van der Waals surface area contributed by atoms with Gasteiger partial charge in [0.05, 0.1) is 6.04 Å². The molecule has 1 N–H and O–H groups in total. The lowest BCUT2D eigenvalue weighted by Crippen LogP contribution is -2.41. The van der Waals surface area contributed by atoms with Crippen molar-refractivity contribution in [2.45, 2.75) is 66.0 Å². The van der Waals surface area contributed by atoms with E-state index in [2.05, 4.69) is 56.4 Å². The van der Waals surface area contributed by atoms with Gasteiger partial charge >= 0.3 is 0 Å². The molecule has 0 radical (unpaired) electrons. The van der Waals surface area contributed by atoms with Gasteiger partial charge in [0.1, 0.15) is 5.75 Å². The van der Waals surface area contributed by atoms with Crippen molar-refractivity contribution in [2.24, 2.45) is 5.92 Å². The zero-order valence-corrected chi connectivity index (χ0v) is 20.0. The Morgan fingerprint density at radius 2 is 1.84 bits per heavy atom. The summed E-state index contributed by atoms with van der Waals surface area (Å²) >= 11 is 0. The zero-order chi connectivity index (χ0) is 23.3. The van der Waals surface area contributed by atoms with Crippen LogP contribution in [-0.4, -0.2) is 35.9 Å². The van der Waals surface area contributed by atoms with Crippen molar-refractivity contribution in [3.63, 3.8) is 0 Å². The van der Waals surface area contributed by atoms with E-state index in [9.17, 15) is 9.59 Å². The number of carbonyl (C=O) groups is 2. The summed E-state index contributed by atoms with van der Waals surface area (Å²) in [5.74, 6) is 1.11. The molecule has 0 aromatic heterocycles. The summed E-state index contributed by atoms with van der Waals surface area (Å²) in [5, 5.41) is 2.97. The minimum absolute atomic E-state index is 0.0863. The first-order valence-corrected chi connectivity index (χ1v) is 11.8. The highest BCUT2D eigenvalue weighted by atomic mass is 16.5. The molecule has 2 unspecified atom stereocenters. The smallest absolute Gasteiger partial charge is 0.261 e. The second-order valence-electron chi connectivity index (χ2n) is 9.02. The SMILES string of the molecule is CCC(=O)N1CCc2ccc(OC(CC)C(=O)NCC(C)C)cc2C1c1ccc(C)cc1. The van der Waals surface area contributed by atoms with Gasteiger partial charge in [0, 0.05) is 19.5 Å². The topological polar surface area (TPSA) is 58.6 Å². The number of fused-ring (bicyclic) bond motifs is 1. The van der Waals surface area contributed by atoms with Gasteiger partial charge in [-0.2, -0.15) is 0 Å². The molecule has 2 amide bonds. The highest BCUT2D eigenvalue weighted by molar-refractivity contribution is 5.81. The molecule has 0 saturated heterocycles. The molecule has 172 valence electrons. The molecule has 3 rings (SSSR count).